The maximum Gasteiger partial charge on any atom is 0.242 e. The van der Waals surface area contributed by atoms with E-state index in [1.54, 1.807) is 0 Å². The highest BCUT2D eigenvalue weighted by Gasteiger charge is 2.30. The van der Waals surface area contributed by atoms with Crippen LogP contribution in [0.1, 0.15) is 29.3 Å². The van der Waals surface area contributed by atoms with Gasteiger partial charge in [-0.2, -0.15) is 5.26 Å². The first-order valence-corrected chi connectivity index (χ1v) is 6.90. The molecule has 1 aromatic heterocycles. The summed E-state index contributed by atoms with van der Waals surface area (Å²) in [6.07, 6.45) is 1.02. The van der Waals surface area contributed by atoms with E-state index < -0.39 is 0 Å². The summed E-state index contributed by atoms with van der Waals surface area (Å²) in [7, 11) is 0. The van der Waals surface area contributed by atoms with Gasteiger partial charge in [0, 0.05) is 4.88 Å². The molecule has 0 radical (unpaired) electrons. The van der Waals surface area contributed by atoms with E-state index in [4.69, 9.17) is 5.26 Å². The van der Waals surface area contributed by atoms with Crippen LogP contribution in [-0.2, 0) is 4.79 Å². The summed E-state index contributed by atoms with van der Waals surface area (Å²) >= 11 is 1.47. The van der Waals surface area contributed by atoms with Gasteiger partial charge in [0.2, 0.25) is 5.91 Å². The Morgan fingerprint density at radius 2 is 2.28 bits per heavy atom. The van der Waals surface area contributed by atoms with Gasteiger partial charge in [0.05, 0.1) is 11.6 Å². The van der Waals surface area contributed by atoms with Crippen molar-refractivity contribution >= 4 is 22.2 Å². The first-order chi connectivity index (χ1) is 8.54. The standard InChI is InChI=1S/C13H17N3OS/c1-7-4-5-15-11(7)12(17)16-13-10(6-14)8(2)9(3)18-13/h7,11,15H,4-5H2,1-3H3,(H,16,17). The molecule has 0 spiro atoms. The van der Waals surface area contributed by atoms with Crippen LogP contribution in [0, 0.1) is 31.1 Å². The smallest absolute Gasteiger partial charge is 0.242 e. The van der Waals surface area contributed by atoms with E-state index in [-0.39, 0.29) is 11.9 Å². The fourth-order valence-electron chi connectivity index (χ4n) is 2.22. The Balaban J connectivity index is 2.17. The normalized spacial score (nSPS) is 22.8. The van der Waals surface area contributed by atoms with Gasteiger partial charge in [-0.15, -0.1) is 11.3 Å². The molecule has 1 amide bonds. The number of anilines is 1. The maximum atomic E-state index is 12.1. The first kappa shape index (κ1) is 13.1. The van der Waals surface area contributed by atoms with Crippen LogP contribution in [0.25, 0.3) is 0 Å². The molecule has 2 heterocycles. The number of nitrogens with zero attached hydrogens (tertiary/aromatic N) is 1. The summed E-state index contributed by atoms with van der Waals surface area (Å²) in [5, 5.41) is 15.9. The fourth-order valence-corrected chi connectivity index (χ4v) is 3.24. The minimum atomic E-state index is -0.140. The zero-order valence-electron chi connectivity index (χ0n) is 10.8. The quantitative estimate of drug-likeness (QED) is 0.859. The molecule has 0 aromatic carbocycles. The van der Waals surface area contributed by atoms with Gasteiger partial charge >= 0.3 is 0 Å². The third-order valence-electron chi connectivity index (χ3n) is 3.55. The number of nitriles is 1. The van der Waals surface area contributed by atoms with E-state index in [2.05, 4.69) is 23.6 Å². The van der Waals surface area contributed by atoms with Crippen LogP contribution in [-0.4, -0.2) is 18.5 Å². The molecule has 18 heavy (non-hydrogen) atoms. The Morgan fingerprint density at radius 3 is 2.83 bits per heavy atom. The number of nitrogens with one attached hydrogen (secondary N) is 2. The van der Waals surface area contributed by atoms with Gasteiger partial charge < -0.3 is 10.6 Å². The summed E-state index contributed by atoms with van der Waals surface area (Å²) < 4.78 is 0. The average Bonchev–Trinajstić information content (AvgIpc) is 2.85. The van der Waals surface area contributed by atoms with Crippen molar-refractivity contribution in [3.63, 3.8) is 0 Å². The molecule has 96 valence electrons. The van der Waals surface area contributed by atoms with Crippen molar-refractivity contribution in [1.82, 2.24) is 5.32 Å². The molecule has 0 saturated carbocycles. The largest absolute Gasteiger partial charge is 0.315 e. The van der Waals surface area contributed by atoms with Gasteiger partial charge in [0.25, 0.3) is 0 Å². The second-order valence-electron chi connectivity index (χ2n) is 4.79. The third-order valence-corrected chi connectivity index (χ3v) is 4.67. The van der Waals surface area contributed by atoms with Crippen molar-refractivity contribution in [2.75, 3.05) is 11.9 Å². The number of carbonyl (C=O) groups is 1. The molecule has 2 N–H and O–H groups in total. The molecular formula is C13H17N3OS. The molecule has 1 fully saturated rings. The molecule has 0 aliphatic carbocycles. The molecule has 5 heteroatoms. The molecule has 1 saturated heterocycles. The minimum Gasteiger partial charge on any atom is -0.315 e. The van der Waals surface area contributed by atoms with Crippen LogP contribution in [0.5, 0.6) is 0 Å². The molecule has 2 atom stereocenters. The van der Waals surface area contributed by atoms with Crippen LogP contribution in [0.4, 0.5) is 5.00 Å². The summed E-state index contributed by atoms with van der Waals surface area (Å²) in [4.78, 5) is 13.2. The Hall–Kier alpha value is -1.38. The lowest BCUT2D eigenvalue weighted by molar-refractivity contribution is -0.118. The van der Waals surface area contributed by atoms with E-state index in [0.29, 0.717) is 16.5 Å². The molecule has 2 unspecified atom stereocenters. The van der Waals surface area contributed by atoms with Crippen molar-refractivity contribution in [2.24, 2.45) is 5.92 Å². The zero-order chi connectivity index (χ0) is 13.3. The van der Waals surface area contributed by atoms with Crippen LogP contribution in [0.15, 0.2) is 0 Å². The van der Waals surface area contributed by atoms with Crippen molar-refractivity contribution in [3.05, 3.63) is 16.0 Å². The van der Waals surface area contributed by atoms with Crippen LogP contribution in [0.2, 0.25) is 0 Å². The Bertz CT molecular complexity index is 515. The average molecular weight is 263 g/mol. The number of hydrogen-bond acceptors (Lipinski definition) is 4. The van der Waals surface area contributed by atoms with Gasteiger partial charge in [-0.3, -0.25) is 4.79 Å². The predicted octanol–water partition coefficient (Wildman–Crippen LogP) is 2.17. The molecule has 2 rings (SSSR count). The van der Waals surface area contributed by atoms with E-state index >= 15 is 0 Å². The zero-order valence-corrected chi connectivity index (χ0v) is 11.6. The number of rotatable bonds is 2. The minimum absolute atomic E-state index is 0.0299. The first-order valence-electron chi connectivity index (χ1n) is 6.09. The van der Waals surface area contributed by atoms with Gasteiger partial charge in [-0.05, 0) is 38.3 Å². The van der Waals surface area contributed by atoms with Crippen molar-refractivity contribution in [2.45, 2.75) is 33.2 Å². The predicted molar refractivity (Wildman–Crippen MR) is 72.7 cm³/mol. The molecule has 1 aliphatic rings. The second-order valence-corrected chi connectivity index (χ2v) is 6.01. The Morgan fingerprint density at radius 1 is 1.56 bits per heavy atom. The van der Waals surface area contributed by atoms with Crippen LogP contribution in [0.3, 0.4) is 0 Å². The number of carbonyl (C=O) groups excluding carboxylic acids is 1. The number of thiophene rings is 1. The summed E-state index contributed by atoms with van der Waals surface area (Å²) in [5.74, 6) is 0.315. The summed E-state index contributed by atoms with van der Waals surface area (Å²) in [5.41, 5.74) is 1.56. The SMILES string of the molecule is Cc1sc(NC(=O)C2NCCC2C)c(C#N)c1C. The van der Waals surface area contributed by atoms with Gasteiger partial charge in [-0.1, -0.05) is 6.92 Å². The molecule has 0 bridgehead atoms. The van der Waals surface area contributed by atoms with E-state index in [1.165, 1.54) is 11.3 Å². The second kappa shape index (κ2) is 5.09. The number of amides is 1. The van der Waals surface area contributed by atoms with Crippen molar-refractivity contribution < 1.29 is 4.79 Å². The topological polar surface area (TPSA) is 64.9 Å². The Kier molecular flexibility index (Phi) is 3.69. The van der Waals surface area contributed by atoms with Crippen molar-refractivity contribution in [1.29, 1.82) is 5.26 Å². The summed E-state index contributed by atoms with van der Waals surface area (Å²) in [6, 6.07) is 2.03. The molecule has 1 aromatic rings. The van der Waals surface area contributed by atoms with Gasteiger partial charge in [0.15, 0.2) is 0 Å². The van der Waals surface area contributed by atoms with Crippen LogP contribution < -0.4 is 10.6 Å². The highest BCUT2D eigenvalue weighted by molar-refractivity contribution is 7.16. The lowest BCUT2D eigenvalue weighted by Gasteiger charge is -2.14. The lowest BCUT2D eigenvalue weighted by Crippen LogP contribution is -2.39. The molecular weight excluding hydrogens is 246 g/mol. The van der Waals surface area contributed by atoms with Gasteiger partial charge in [-0.25, -0.2) is 0 Å². The van der Waals surface area contributed by atoms with Gasteiger partial charge in [0.1, 0.15) is 11.1 Å². The fraction of sp³-hybridized carbons (Fsp3) is 0.538. The number of aryl methyl sites for hydroxylation is 1. The monoisotopic (exact) mass is 263 g/mol. The van der Waals surface area contributed by atoms with E-state index in [1.807, 2.05) is 13.8 Å². The highest BCUT2D eigenvalue weighted by Crippen LogP contribution is 2.32. The van der Waals surface area contributed by atoms with Crippen LogP contribution >= 0.6 is 11.3 Å². The Labute approximate surface area is 111 Å². The molecule has 4 nitrogen and oxygen atoms in total. The highest BCUT2D eigenvalue weighted by atomic mass is 32.1. The third kappa shape index (κ3) is 2.26. The summed E-state index contributed by atoms with van der Waals surface area (Å²) in [6.45, 7) is 6.83. The maximum absolute atomic E-state index is 12.1. The van der Waals surface area contributed by atoms with E-state index in [0.717, 1.165) is 23.4 Å². The number of hydrogen-bond donors (Lipinski definition) is 2. The lowest BCUT2D eigenvalue weighted by atomic mass is 10.0. The van der Waals surface area contributed by atoms with Crippen molar-refractivity contribution in [3.8, 4) is 6.07 Å². The molecule has 1 aliphatic heterocycles. The van der Waals surface area contributed by atoms with E-state index in [9.17, 15) is 4.79 Å².